The number of rotatable bonds is 6. The van der Waals surface area contributed by atoms with Gasteiger partial charge in [-0.15, -0.1) is 0 Å². The number of hydrogen-bond donors (Lipinski definition) is 1. The van der Waals surface area contributed by atoms with Gasteiger partial charge >= 0.3 is 0 Å². The Morgan fingerprint density at radius 2 is 2.11 bits per heavy atom. The Morgan fingerprint density at radius 3 is 2.79 bits per heavy atom. The molecule has 0 unspecified atom stereocenters. The van der Waals surface area contributed by atoms with E-state index < -0.39 is 0 Å². The van der Waals surface area contributed by atoms with Gasteiger partial charge in [-0.1, -0.05) is 17.7 Å². The molecule has 0 aliphatic rings. The number of methoxy groups -OCH3 is 1. The zero-order valence-corrected chi connectivity index (χ0v) is 11.9. The van der Waals surface area contributed by atoms with Crippen LogP contribution in [0, 0.1) is 6.92 Å². The first kappa shape index (κ1) is 13.7. The number of nitrogens with one attached hydrogen (secondary N) is 1. The van der Waals surface area contributed by atoms with Crippen LogP contribution < -0.4 is 10.1 Å². The largest absolute Gasteiger partial charge is 0.496 e. The second-order valence-corrected chi connectivity index (χ2v) is 4.85. The zero-order valence-electron chi connectivity index (χ0n) is 11.9. The van der Waals surface area contributed by atoms with Gasteiger partial charge < -0.3 is 14.6 Å². The lowest BCUT2D eigenvalue weighted by Crippen LogP contribution is -2.18. The van der Waals surface area contributed by atoms with E-state index in [-0.39, 0.29) is 0 Å². The van der Waals surface area contributed by atoms with Gasteiger partial charge in [0.1, 0.15) is 5.75 Å². The maximum Gasteiger partial charge on any atom is 0.122 e. The van der Waals surface area contributed by atoms with Crippen molar-refractivity contribution < 1.29 is 4.74 Å². The number of ether oxygens (including phenoxy) is 1. The van der Waals surface area contributed by atoms with Crippen molar-refractivity contribution in [1.82, 2.24) is 9.88 Å². The van der Waals surface area contributed by atoms with E-state index in [1.807, 2.05) is 6.07 Å². The molecule has 0 bridgehead atoms. The molecule has 2 aromatic rings. The molecule has 19 heavy (non-hydrogen) atoms. The minimum absolute atomic E-state index is 0.900. The first-order chi connectivity index (χ1) is 9.20. The van der Waals surface area contributed by atoms with Crippen LogP contribution in [0.5, 0.6) is 5.75 Å². The molecule has 1 aromatic heterocycles. The van der Waals surface area contributed by atoms with Gasteiger partial charge in [-0.05, 0) is 43.7 Å². The van der Waals surface area contributed by atoms with Gasteiger partial charge in [-0.3, -0.25) is 0 Å². The monoisotopic (exact) mass is 258 g/mol. The van der Waals surface area contributed by atoms with Gasteiger partial charge in [-0.25, -0.2) is 0 Å². The van der Waals surface area contributed by atoms with E-state index in [1.54, 1.807) is 7.11 Å². The Hall–Kier alpha value is -1.74. The molecule has 0 aliphatic carbocycles. The van der Waals surface area contributed by atoms with Gasteiger partial charge in [0.25, 0.3) is 0 Å². The Kier molecular flexibility index (Phi) is 4.63. The smallest absolute Gasteiger partial charge is 0.122 e. The highest BCUT2D eigenvalue weighted by Gasteiger charge is 2.03. The molecular formula is C16H22N2O. The first-order valence-electron chi connectivity index (χ1n) is 6.65. The molecule has 0 spiro atoms. The maximum absolute atomic E-state index is 5.39. The molecule has 1 N–H and O–H groups in total. The molecule has 3 heteroatoms. The van der Waals surface area contributed by atoms with Crippen LogP contribution in [0.3, 0.4) is 0 Å². The van der Waals surface area contributed by atoms with E-state index in [0.717, 1.165) is 25.3 Å². The third-order valence-corrected chi connectivity index (χ3v) is 3.36. The molecule has 102 valence electrons. The third-order valence-electron chi connectivity index (χ3n) is 3.36. The van der Waals surface area contributed by atoms with Crippen molar-refractivity contribution in [2.24, 2.45) is 7.05 Å². The summed E-state index contributed by atoms with van der Waals surface area (Å²) in [5, 5.41) is 3.47. The standard InChI is InChI=1S/C16H22N2O/c1-13-6-7-16(19-3)14(11-13)8-9-17-12-15-5-4-10-18(15)2/h4-7,10-11,17H,8-9,12H2,1-3H3. The SMILES string of the molecule is COc1ccc(C)cc1CCNCc1cccn1C. The van der Waals surface area contributed by atoms with Crippen LogP contribution in [-0.2, 0) is 20.0 Å². The fourth-order valence-corrected chi connectivity index (χ4v) is 2.22. The van der Waals surface area contributed by atoms with Crippen LogP contribution >= 0.6 is 0 Å². The second kappa shape index (κ2) is 6.43. The highest BCUT2D eigenvalue weighted by Crippen LogP contribution is 2.19. The summed E-state index contributed by atoms with van der Waals surface area (Å²) in [4.78, 5) is 0. The molecule has 3 nitrogen and oxygen atoms in total. The molecule has 1 aromatic carbocycles. The van der Waals surface area contributed by atoms with Crippen LogP contribution in [0.4, 0.5) is 0 Å². The van der Waals surface area contributed by atoms with Crippen molar-refractivity contribution in [2.75, 3.05) is 13.7 Å². The summed E-state index contributed by atoms with van der Waals surface area (Å²) >= 11 is 0. The van der Waals surface area contributed by atoms with Crippen LogP contribution in [0.25, 0.3) is 0 Å². The van der Waals surface area contributed by atoms with Crippen molar-refractivity contribution in [2.45, 2.75) is 19.9 Å². The summed E-state index contributed by atoms with van der Waals surface area (Å²) in [6.07, 6.45) is 3.05. The Balaban J connectivity index is 1.86. The molecule has 0 amide bonds. The minimum atomic E-state index is 0.900. The van der Waals surface area contributed by atoms with Gasteiger partial charge in [0.2, 0.25) is 0 Å². The Labute approximate surface area is 115 Å². The number of aromatic nitrogens is 1. The van der Waals surface area contributed by atoms with E-state index in [1.165, 1.54) is 16.8 Å². The fourth-order valence-electron chi connectivity index (χ4n) is 2.22. The molecule has 0 atom stereocenters. The lowest BCUT2D eigenvalue weighted by Gasteiger charge is -2.10. The maximum atomic E-state index is 5.39. The van der Waals surface area contributed by atoms with Gasteiger partial charge in [0.15, 0.2) is 0 Å². The summed E-state index contributed by atoms with van der Waals surface area (Å²) in [7, 11) is 3.80. The predicted molar refractivity (Wildman–Crippen MR) is 78.6 cm³/mol. The molecule has 1 heterocycles. The highest BCUT2D eigenvalue weighted by molar-refractivity contribution is 5.37. The van der Waals surface area contributed by atoms with E-state index >= 15 is 0 Å². The van der Waals surface area contributed by atoms with Crippen molar-refractivity contribution in [1.29, 1.82) is 0 Å². The van der Waals surface area contributed by atoms with E-state index in [2.05, 4.69) is 54.3 Å². The molecule has 0 saturated heterocycles. The molecular weight excluding hydrogens is 236 g/mol. The number of benzene rings is 1. The summed E-state index contributed by atoms with van der Waals surface area (Å²) in [6, 6.07) is 10.5. The van der Waals surface area contributed by atoms with Crippen LogP contribution in [0.2, 0.25) is 0 Å². The van der Waals surface area contributed by atoms with Crippen LogP contribution in [0.15, 0.2) is 36.5 Å². The quantitative estimate of drug-likeness (QED) is 0.806. The first-order valence-corrected chi connectivity index (χ1v) is 6.65. The predicted octanol–water partition coefficient (Wildman–Crippen LogP) is 2.67. The number of nitrogens with zero attached hydrogens (tertiary/aromatic N) is 1. The van der Waals surface area contributed by atoms with Crippen molar-refractivity contribution in [3.05, 3.63) is 53.3 Å². The average molecular weight is 258 g/mol. The molecule has 0 aliphatic heterocycles. The van der Waals surface area contributed by atoms with Crippen LogP contribution in [-0.4, -0.2) is 18.2 Å². The van der Waals surface area contributed by atoms with Crippen molar-refractivity contribution >= 4 is 0 Å². The lowest BCUT2D eigenvalue weighted by atomic mass is 10.1. The van der Waals surface area contributed by atoms with Gasteiger partial charge in [-0.2, -0.15) is 0 Å². The van der Waals surface area contributed by atoms with E-state index in [9.17, 15) is 0 Å². The molecule has 0 saturated carbocycles. The second-order valence-electron chi connectivity index (χ2n) is 4.85. The van der Waals surface area contributed by atoms with Gasteiger partial charge in [0.05, 0.1) is 7.11 Å². The lowest BCUT2D eigenvalue weighted by molar-refractivity contribution is 0.409. The molecule has 0 fully saturated rings. The normalized spacial score (nSPS) is 10.7. The number of hydrogen-bond acceptors (Lipinski definition) is 2. The summed E-state index contributed by atoms with van der Waals surface area (Å²) in [5.74, 6) is 0.978. The Morgan fingerprint density at radius 1 is 1.26 bits per heavy atom. The molecule has 2 rings (SSSR count). The highest BCUT2D eigenvalue weighted by atomic mass is 16.5. The number of aryl methyl sites for hydroxylation is 2. The topological polar surface area (TPSA) is 26.2 Å². The summed E-state index contributed by atoms with van der Waals surface area (Å²) in [6.45, 7) is 3.96. The van der Waals surface area contributed by atoms with Crippen LogP contribution in [0.1, 0.15) is 16.8 Å². The minimum Gasteiger partial charge on any atom is -0.496 e. The van der Waals surface area contributed by atoms with Crippen molar-refractivity contribution in [3.8, 4) is 5.75 Å². The van der Waals surface area contributed by atoms with Gasteiger partial charge in [0, 0.05) is 25.5 Å². The summed E-state index contributed by atoms with van der Waals surface area (Å²) < 4.78 is 7.53. The average Bonchev–Trinajstić information content (AvgIpc) is 2.80. The Bertz CT molecular complexity index is 531. The summed E-state index contributed by atoms with van der Waals surface area (Å²) in [5.41, 5.74) is 3.84. The zero-order chi connectivity index (χ0) is 13.7. The van der Waals surface area contributed by atoms with Crippen molar-refractivity contribution in [3.63, 3.8) is 0 Å². The van der Waals surface area contributed by atoms with E-state index in [4.69, 9.17) is 4.74 Å². The molecule has 0 radical (unpaired) electrons. The van der Waals surface area contributed by atoms with E-state index in [0.29, 0.717) is 0 Å². The fraction of sp³-hybridized carbons (Fsp3) is 0.375. The third kappa shape index (κ3) is 3.61.